The summed E-state index contributed by atoms with van der Waals surface area (Å²) in [7, 11) is 1.71. The molecule has 18 heavy (non-hydrogen) atoms. The zero-order valence-electron chi connectivity index (χ0n) is 10.8. The Bertz CT molecular complexity index is 410. The third kappa shape index (κ3) is 4.33. The Hall–Kier alpha value is -1.62. The van der Waals surface area contributed by atoms with Crippen LogP contribution >= 0.6 is 0 Å². The van der Waals surface area contributed by atoms with Gasteiger partial charge in [0.15, 0.2) is 6.61 Å². The predicted octanol–water partition coefficient (Wildman–Crippen LogP) is 1.32. The van der Waals surface area contributed by atoms with Gasteiger partial charge in [0, 0.05) is 13.6 Å². The van der Waals surface area contributed by atoms with Crippen LogP contribution in [-0.2, 0) is 4.79 Å². The Morgan fingerprint density at radius 1 is 1.50 bits per heavy atom. The second-order valence-electron chi connectivity index (χ2n) is 4.16. The molecule has 100 valence electrons. The summed E-state index contributed by atoms with van der Waals surface area (Å²) in [6.45, 7) is 2.76. The lowest BCUT2D eigenvalue weighted by Crippen LogP contribution is -2.33. The zero-order valence-corrected chi connectivity index (χ0v) is 10.8. The topological polar surface area (TPSA) is 55.6 Å². The highest BCUT2D eigenvalue weighted by Gasteiger charge is 2.09. The molecule has 1 rings (SSSR count). The average molecular weight is 254 g/mol. The fraction of sp³-hybridized carbons (Fsp3) is 0.462. The van der Waals surface area contributed by atoms with E-state index in [1.54, 1.807) is 24.9 Å². The molecule has 1 aromatic carbocycles. The van der Waals surface area contributed by atoms with E-state index in [0.717, 1.165) is 6.42 Å². The summed E-state index contributed by atoms with van der Waals surface area (Å²) in [5.74, 6) is 0.0913. The minimum Gasteiger partial charge on any atom is -0.484 e. The largest absolute Gasteiger partial charge is 0.484 e. The first-order chi connectivity index (χ1) is 8.54. The van der Waals surface area contributed by atoms with Crippen LogP contribution in [0.3, 0.4) is 0 Å². The van der Waals surface area contributed by atoms with Crippen LogP contribution in [0, 0.1) is 12.7 Å². The molecule has 0 radical (unpaired) electrons. The van der Waals surface area contributed by atoms with E-state index in [0.29, 0.717) is 24.4 Å². The molecule has 0 saturated heterocycles. The molecule has 1 amide bonds. The highest BCUT2D eigenvalue weighted by Crippen LogP contribution is 2.15. The smallest absolute Gasteiger partial charge is 0.260 e. The van der Waals surface area contributed by atoms with Crippen molar-refractivity contribution in [2.45, 2.75) is 13.3 Å². The molecule has 0 aliphatic carbocycles. The molecular weight excluding hydrogens is 235 g/mol. The van der Waals surface area contributed by atoms with Gasteiger partial charge < -0.3 is 15.4 Å². The molecule has 0 atom stereocenters. The number of ether oxygens (including phenoxy) is 1. The van der Waals surface area contributed by atoms with E-state index in [-0.39, 0.29) is 18.3 Å². The molecule has 0 fully saturated rings. The Morgan fingerprint density at radius 2 is 2.22 bits per heavy atom. The third-order valence-corrected chi connectivity index (χ3v) is 2.62. The van der Waals surface area contributed by atoms with Gasteiger partial charge in [-0.2, -0.15) is 0 Å². The second kappa shape index (κ2) is 6.96. The number of likely N-dealkylation sites (N-methyl/N-ethyl adjacent to an activating group) is 1. The molecule has 0 aliphatic rings. The summed E-state index contributed by atoms with van der Waals surface area (Å²) < 4.78 is 18.3. The van der Waals surface area contributed by atoms with Crippen LogP contribution in [0.2, 0.25) is 0 Å². The fourth-order valence-corrected chi connectivity index (χ4v) is 1.42. The van der Waals surface area contributed by atoms with Crippen LogP contribution in [0.4, 0.5) is 4.39 Å². The highest BCUT2D eigenvalue weighted by atomic mass is 19.1. The standard InChI is InChI=1S/C13H19FN2O2/c1-10-8-11(4-5-12(10)14)18-9-13(17)16(2)7-3-6-15/h4-5,8H,3,6-7,9,15H2,1-2H3. The number of amides is 1. The first kappa shape index (κ1) is 14.4. The van der Waals surface area contributed by atoms with Crippen LogP contribution < -0.4 is 10.5 Å². The van der Waals surface area contributed by atoms with Gasteiger partial charge in [-0.05, 0) is 43.7 Å². The fourth-order valence-electron chi connectivity index (χ4n) is 1.42. The van der Waals surface area contributed by atoms with Crippen LogP contribution in [0.1, 0.15) is 12.0 Å². The van der Waals surface area contributed by atoms with Crippen molar-refractivity contribution in [1.29, 1.82) is 0 Å². The van der Waals surface area contributed by atoms with Crippen molar-refractivity contribution in [3.63, 3.8) is 0 Å². The maximum Gasteiger partial charge on any atom is 0.260 e. The van der Waals surface area contributed by atoms with E-state index in [4.69, 9.17) is 10.5 Å². The van der Waals surface area contributed by atoms with Crippen molar-refractivity contribution in [1.82, 2.24) is 4.90 Å². The van der Waals surface area contributed by atoms with E-state index in [2.05, 4.69) is 0 Å². The monoisotopic (exact) mass is 254 g/mol. The minimum atomic E-state index is -0.284. The van der Waals surface area contributed by atoms with Gasteiger partial charge >= 0.3 is 0 Å². The average Bonchev–Trinajstić information content (AvgIpc) is 2.36. The molecule has 0 aliphatic heterocycles. The predicted molar refractivity (Wildman–Crippen MR) is 67.9 cm³/mol. The summed E-state index contributed by atoms with van der Waals surface area (Å²) in [4.78, 5) is 13.2. The number of nitrogens with zero attached hydrogens (tertiary/aromatic N) is 1. The Kier molecular flexibility index (Phi) is 5.58. The molecule has 0 spiro atoms. The molecule has 0 heterocycles. The molecule has 5 heteroatoms. The van der Waals surface area contributed by atoms with Crippen LogP contribution in [-0.4, -0.2) is 37.6 Å². The summed E-state index contributed by atoms with van der Waals surface area (Å²) in [5, 5.41) is 0. The van der Waals surface area contributed by atoms with Gasteiger partial charge in [-0.15, -0.1) is 0 Å². The van der Waals surface area contributed by atoms with Crippen molar-refractivity contribution in [3.05, 3.63) is 29.6 Å². The van der Waals surface area contributed by atoms with Gasteiger partial charge in [-0.25, -0.2) is 4.39 Å². The normalized spacial score (nSPS) is 10.2. The number of benzene rings is 1. The molecule has 0 saturated carbocycles. The zero-order chi connectivity index (χ0) is 13.5. The van der Waals surface area contributed by atoms with Crippen molar-refractivity contribution in [2.75, 3.05) is 26.7 Å². The molecule has 4 nitrogen and oxygen atoms in total. The van der Waals surface area contributed by atoms with E-state index in [1.807, 2.05) is 0 Å². The summed E-state index contributed by atoms with van der Waals surface area (Å²) >= 11 is 0. The summed E-state index contributed by atoms with van der Waals surface area (Å²) in [5.41, 5.74) is 5.86. The highest BCUT2D eigenvalue weighted by molar-refractivity contribution is 5.77. The lowest BCUT2D eigenvalue weighted by atomic mass is 10.2. The van der Waals surface area contributed by atoms with Crippen LogP contribution in [0.15, 0.2) is 18.2 Å². The van der Waals surface area contributed by atoms with Gasteiger partial charge in [0.2, 0.25) is 0 Å². The summed E-state index contributed by atoms with van der Waals surface area (Å²) in [6, 6.07) is 4.41. The first-order valence-corrected chi connectivity index (χ1v) is 5.87. The molecule has 0 aromatic heterocycles. The quantitative estimate of drug-likeness (QED) is 0.833. The summed E-state index contributed by atoms with van der Waals surface area (Å²) in [6.07, 6.45) is 0.762. The first-order valence-electron chi connectivity index (χ1n) is 5.87. The molecule has 2 N–H and O–H groups in total. The maximum absolute atomic E-state index is 13.0. The van der Waals surface area contributed by atoms with Crippen LogP contribution in [0.5, 0.6) is 5.75 Å². The van der Waals surface area contributed by atoms with Crippen molar-refractivity contribution in [3.8, 4) is 5.75 Å². The number of hydrogen-bond acceptors (Lipinski definition) is 3. The molecule has 0 unspecified atom stereocenters. The Labute approximate surface area is 107 Å². The number of carbonyl (C=O) groups excluding carboxylic acids is 1. The number of aryl methyl sites for hydroxylation is 1. The number of halogens is 1. The van der Waals surface area contributed by atoms with E-state index < -0.39 is 0 Å². The van der Waals surface area contributed by atoms with E-state index in [1.165, 1.54) is 12.1 Å². The van der Waals surface area contributed by atoms with Gasteiger partial charge in [0.05, 0.1) is 0 Å². The van der Waals surface area contributed by atoms with Gasteiger partial charge in [-0.3, -0.25) is 4.79 Å². The molecular formula is C13H19FN2O2. The Balaban J connectivity index is 2.44. The van der Waals surface area contributed by atoms with Crippen LogP contribution in [0.25, 0.3) is 0 Å². The Morgan fingerprint density at radius 3 is 2.83 bits per heavy atom. The lowest BCUT2D eigenvalue weighted by molar-refractivity contribution is -0.132. The lowest BCUT2D eigenvalue weighted by Gasteiger charge is -2.17. The van der Waals surface area contributed by atoms with E-state index >= 15 is 0 Å². The number of hydrogen-bond donors (Lipinski definition) is 1. The molecule has 1 aromatic rings. The van der Waals surface area contributed by atoms with Gasteiger partial charge in [0.25, 0.3) is 5.91 Å². The van der Waals surface area contributed by atoms with Crippen molar-refractivity contribution < 1.29 is 13.9 Å². The number of nitrogens with two attached hydrogens (primary N) is 1. The second-order valence-corrected chi connectivity index (χ2v) is 4.16. The van der Waals surface area contributed by atoms with Gasteiger partial charge in [-0.1, -0.05) is 0 Å². The van der Waals surface area contributed by atoms with Gasteiger partial charge in [0.1, 0.15) is 11.6 Å². The third-order valence-electron chi connectivity index (χ3n) is 2.62. The van der Waals surface area contributed by atoms with E-state index in [9.17, 15) is 9.18 Å². The van der Waals surface area contributed by atoms with Crippen molar-refractivity contribution in [2.24, 2.45) is 5.73 Å². The number of carbonyl (C=O) groups is 1. The SMILES string of the molecule is Cc1cc(OCC(=O)N(C)CCCN)ccc1F. The maximum atomic E-state index is 13.0. The minimum absolute atomic E-state index is 0.0495. The van der Waals surface area contributed by atoms with Crippen molar-refractivity contribution >= 4 is 5.91 Å². The number of rotatable bonds is 6. The molecule has 0 bridgehead atoms.